The van der Waals surface area contributed by atoms with Crippen LogP contribution < -0.4 is 5.32 Å². The molecule has 138 valence electrons. The van der Waals surface area contributed by atoms with E-state index in [1.165, 1.54) is 0 Å². The molecular weight excluding hydrogens is 359 g/mol. The fourth-order valence-corrected chi connectivity index (χ4v) is 3.55. The fourth-order valence-electron chi connectivity index (χ4n) is 3.27. The summed E-state index contributed by atoms with van der Waals surface area (Å²) >= 11 is 11.8. The molecule has 1 aliphatic carbocycles. The highest BCUT2D eigenvalue weighted by Crippen LogP contribution is 2.26. The van der Waals surface area contributed by atoms with Crippen molar-refractivity contribution in [2.75, 3.05) is 12.4 Å². The molecule has 0 bridgehead atoms. The van der Waals surface area contributed by atoms with Crippen LogP contribution in [0.15, 0.2) is 24.3 Å². The van der Waals surface area contributed by atoms with Crippen molar-refractivity contribution in [1.29, 1.82) is 0 Å². The SMILES string of the molecule is CCCCN(C(=O)CCl)[C@H](C(=O)NC1CCCC1)c1ccc(Cl)cc1. The Hall–Kier alpha value is -1.26. The molecule has 1 N–H and O–H groups in total. The van der Waals surface area contributed by atoms with Crippen LogP contribution in [0.3, 0.4) is 0 Å². The maximum Gasteiger partial charge on any atom is 0.247 e. The number of nitrogens with one attached hydrogen (secondary N) is 1. The van der Waals surface area contributed by atoms with E-state index >= 15 is 0 Å². The highest BCUT2D eigenvalue weighted by atomic mass is 35.5. The Morgan fingerprint density at radius 1 is 1.24 bits per heavy atom. The molecule has 1 atom stereocenters. The van der Waals surface area contributed by atoms with Gasteiger partial charge in [0, 0.05) is 17.6 Å². The summed E-state index contributed by atoms with van der Waals surface area (Å²) in [6.07, 6.45) is 6.02. The van der Waals surface area contributed by atoms with Crippen LogP contribution in [0.2, 0.25) is 5.02 Å². The summed E-state index contributed by atoms with van der Waals surface area (Å²) in [6, 6.07) is 6.63. The van der Waals surface area contributed by atoms with Gasteiger partial charge in [-0.2, -0.15) is 0 Å². The second-order valence-electron chi connectivity index (χ2n) is 6.52. The normalized spacial score (nSPS) is 15.8. The Balaban J connectivity index is 2.29. The Morgan fingerprint density at radius 2 is 1.88 bits per heavy atom. The molecule has 2 amide bonds. The summed E-state index contributed by atoms with van der Waals surface area (Å²) in [6.45, 7) is 2.56. The molecule has 0 heterocycles. The number of carbonyl (C=O) groups excluding carboxylic acids is 2. The molecule has 2 rings (SSSR count). The largest absolute Gasteiger partial charge is 0.351 e. The first kappa shape index (κ1) is 20.1. The van der Waals surface area contributed by atoms with Gasteiger partial charge < -0.3 is 10.2 Å². The van der Waals surface area contributed by atoms with E-state index in [1.807, 2.05) is 12.1 Å². The third-order valence-electron chi connectivity index (χ3n) is 4.63. The molecule has 6 heteroatoms. The zero-order valence-electron chi connectivity index (χ0n) is 14.6. The van der Waals surface area contributed by atoms with Crippen molar-refractivity contribution in [2.45, 2.75) is 57.5 Å². The molecule has 1 aromatic carbocycles. The van der Waals surface area contributed by atoms with Gasteiger partial charge in [0.15, 0.2) is 0 Å². The van der Waals surface area contributed by atoms with E-state index in [-0.39, 0.29) is 23.7 Å². The zero-order valence-corrected chi connectivity index (χ0v) is 16.2. The minimum atomic E-state index is -0.671. The Bertz CT molecular complexity index is 571. The lowest BCUT2D eigenvalue weighted by Crippen LogP contribution is -2.46. The molecule has 0 radical (unpaired) electrons. The molecule has 0 aliphatic heterocycles. The predicted molar refractivity (Wildman–Crippen MR) is 102 cm³/mol. The van der Waals surface area contributed by atoms with Crippen molar-refractivity contribution in [3.8, 4) is 0 Å². The van der Waals surface area contributed by atoms with Crippen LogP contribution in [0, 0.1) is 0 Å². The number of nitrogens with zero attached hydrogens (tertiary/aromatic N) is 1. The number of carbonyl (C=O) groups is 2. The third-order valence-corrected chi connectivity index (χ3v) is 5.12. The highest BCUT2D eigenvalue weighted by Gasteiger charge is 2.32. The van der Waals surface area contributed by atoms with Crippen molar-refractivity contribution in [3.63, 3.8) is 0 Å². The summed E-state index contributed by atoms with van der Waals surface area (Å²) in [4.78, 5) is 27.1. The molecule has 1 aliphatic rings. The van der Waals surface area contributed by atoms with Crippen molar-refractivity contribution in [3.05, 3.63) is 34.9 Å². The first-order chi connectivity index (χ1) is 12.1. The molecule has 0 saturated heterocycles. The van der Waals surface area contributed by atoms with E-state index < -0.39 is 6.04 Å². The summed E-state index contributed by atoms with van der Waals surface area (Å²) < 4.78 is 0. The second-order valence-corrected chi connectivity index (χ2v) is 7.22. The lowest BCUT2D eigenvalue weighted by atomic mass is 10.0. The number of hydrogen-bond donors (Lipinski definition) is 1. The van der Waals surface area contributed by atoms with Gasteiger partial charge in [0.1, 0.15) is 11.9 Å². The summed E-state index contributed by atoms with van der Waals surface area (Å²) in [5, 5.41) is 3.72. The molecule has 25 heavy (non-hydrogen) atoms. The maximum atomic E-state index is 13.0. The fraction of sp³-hybridized carbons (Fsp3) is 0.579. The molecule has 1 fully saturated rings. The standard InChI is InChI=1S/C19H26Cl2N2O2/c1-2-3-12-23(17(24)13-20)18(14-8-10-15(21)11-9-14)19(25)22-16-6-4-5-7-16/h8-11,16,18H,2-7,12-13H2,1H3,(H,22,25)/t18-/m0/s1. The average molecular weight is 385 g/mol. The van der Waals surface area contributed by atoms with E-state index in [2.05, 4.69) is 12.2 Å². The predicted octanol–water partition coefficient (Wildman–Crippen LogP) is 4.31. The Labute approximate surface area is 159 Å². The number of unbranched alkanes of at least 4 members (excludes halogenated alkanes) is 1. The smallest absolute Gasteiger partial charge is 0.247 e. The van der Waals surface area contributed by atoms with Crippen LogP contribution in [-0.4, -0.2) is 35.2 Å². The van der Waals surface area contributed by atoms with Crippen LogP contribution in [0.1, 0.15) is 57.1 Å². The van der Waals surface area contributed by atoms with Crippen LogP contribution in [0.5, 0.6) is 0 Å². The van der Waals surface area contributed by atoms with E-state index in [0.29, 0.717) is 11.6 Å². The van der Waals surface area contributed by atoms with Gasteiger partial charge in [-0.15, -0.1) is 11.6 Å². The number of benzene rings is 1. The van der Waals surface area contributed by atoms with Gasteiger partial charge in [-0.05, 0) is 37.0 Å². The van der Waals surface area contributed by atoms with Gasteiger partial charge in [0.05, 0.1) is 0 Å². The summed E-state index contributed by atoms with van der Waals surface area (Å²) in [5.74, 6) is -0.495. The molecule has 1 saturated carbocycles. The topological polar surface area (TPSA) is 49.4 Å². The number of halogens is 2. The van der Waals surface area contributed by atoms with Crippen LogP contribution in [0.4, 0.5) is 0 Å². The van der Waals surface area contributed by atoms with Crippen molar-refractivity contribution in [1.82, 2.24) is 10.2 Å². The monoisotopic (exact) mass is 384 g/mol. The molecule has 0 aromatic heterocycles. The van der Waals surface area contributed by atoms with Gasteiger partial charge in [0.25, 0.3) is 0 Å². The minimum Gasteiger partial charge on any atom is -0.351 e. The Morgan fingerprint density at radius 3 is 2.44 bits per heavy atom. The van der Waals surface area contributed by atoms with Gasteiger partial charge in [0.2, 0.25) is 11.8 Å². The number of hydrogen-bond acceptors (Lipinski definition) is 2. The van der Waals surface area contributed by atoms with Crippen LogP contribution >= 0.6 is 23.2 Å². The first-order valence-corrected chi connectivity index (χ1v) is 9.89. The highest BCUT2D eigenvalue weighted by molar-refractivity contribution is 6.30. The second kappa shape index (κ2) is 10.0. The van der Waals surface area contributed by atoms with Crippen molar-refractivity contribution in [2.24, 2.45) is 0 Å². The average Bonchev–Trinajstić information content (AvgIpc) is 3.12. The van der Waals surface area contributed by atoms with Gasteiger partial charge in [-0.25, -0.2) is 0 Å². The first-order valence-electron chi connectivity index (χ1n) is 8.98. The lowest BCUT2D eigenvalue weighted by Gasteiger charge is -2.32. The van der Waals surface area contributed by atoms with E-state index in [9.17, 15) is 9.59 Å². The van der Waals surface area contributed by atoms with E-state index in [4.69, 9.17) is 23.2 Å². The minimum absolute atomic E-state index is 0.134. The van der Waals surface area contributed by atoms with Gasteiger partial charge in [-0.3, -0.25) is 9.59 Å². The van der Waals surface area contributed by atoms with Gasteiger partial charge >= 0.3 is 0 Å². The molecule has 0 unspecified atom stereocenters. The lowest BCUT2D eigenvalue weighted by molar-refractivity contribution is -0.139. The van der Waals surface area contributed by atoms with E-state index in [1.54, 1.807) is 17.0 Å². The summed E-state index contributed by atoms with van der Waals surface area (Å²) in [5.41, 5.74) is 0.759. The molecule has 1 aromatic rings. The number of alkyl halides is 1. The number of rotatable bonds is 8. The number of amides is 2. The van der Waals surface area contributed by atoms with Crippen molar-refractivity contribution >= 4 is 35.0 Å². The van der Waals surface area contributed by atoms with Crippen molar-refractivity contribution < 1.29 is 9.59 Å². The van der Waals surface area contributed by atoms with E-state index in [0.717, 1.165) is 44.1 Å². The van der Waals surface area contributed by atoms with Crippen LogP contribution in [-0.2, 0) is 9.59 Å². The quantitative estimate of drug-likeness (QED) is 0.678. The third kappa shape index (κ3) is 5.61. The molecule has 4 nitrogen and oxygen atoms in total. The Kier molecular flexibility index (Phi) is 8.04. The maximum absolute atomic E-state index is 13.0. The molecule has 0 spiro atoms. The van der Waals surface area contributed by atoms with Crippen LogP contribution in [0.25, 0.3) is 0 Å². The molecular formula is C19H26Cl2N2O2. The zero-order chi connectivity index (χ0) is 18.2. The summed E-state index contributed by atoms with van der Waals surface area (Å²) in [7, 11) is 0. The van der Waals surface area contributed by atoms with Gasteiger partial charge in [-0.1, -0.05) is 49.9 Å².